The van der Waals surface area contributed by atoms with Crippen LogP contribution < -0.4 is 5.32 Å². The molecule has 1 amide bonds. The largest absolute Gasteiger partial charge is 0.353 e. The van der Waals surface area contributed by atoms with E-state index < -0.39 is 16.1 Å². The van der Waals surface area contributed by atoms with Crippen molar-refractivity contribution in [1.82, 2.24) is 29.8 Å². The Morgan fingerprint density at radius 2 is 1.96 bits per heavy atom. The summed E-state index contributed by atoms with van der Waals surface area (Å²) in [6.45, 7) is 1.11. The molecule has 1 atom stereocenters. The summed E-state index contributed by atoms with van der Waals surface area (Å²) in [5.74, 6) is 1.20. The van der Waals surface area contributed by atoms with Gasteiger partial charge in [-0.25, -0.2) is 17.4 Å². The smallest absolute Gasteiger partial charge is 0.245 e. The highest BCUT2D eigenvalue weighted by Gasteiger charge is 2.26. The van der Waals surface area contributed by atoms with Gasteiger partial charge >= 0.3 is 0 Å². The standard InChI is InChI=1S/C16H22N6O3S2/c23-16(17-6-11-27(24,25)21-7-9-26-10-8-21)15(22-13-18-19-20-22)12-14-4-2-1-3-5-14/h1-5,13,15H,6-12H2,(H,17,23). The first-order chi connectivity index (χ1) is 13.1. The highest BCUT2D eigenvalue weighted by atomic mass is 32.2. The molecule has 0 aliphatic carbocycles. The lowest BCUT2D eigenvalue weighted by molar-refractivity contribution is -0.124. The first-order valence-electron chi connectivity index (χ1n) is 8.66. The lowest BCUT2D eigenvalue weighted by atomic mass is 10.1. The molecule has 0 bridgehead atoms. The molecule has 1 aromatic carbocycles. The number of hydrogen-bond acceptors (Lipinski definition) is 7. The van der Waals surface area contributed by atoms with Gasteiger partial charge in [-0.2, -0.15) is 11.8 Å². The third-order valence-electron chi connectivity index (χ3n) is 4.28. The van der Waals surface area contributed by atoms with Gasteiger partial charge in [0.2, 0.25) is 15.9 Å². The molecule has 0 radical (unpaired) electrons. The van der Waals surface area contributed by atoms with E-state index >= 15 is 0 Å². The van der Waals surface area contributed by atoms with Crippen molar-refractivity contribution in [3.05, 3.63) is 42.2 Å². The number of hydrogen-bond donors (Lipinski definition) is 1. The van der Waals surface area contributed by atoms with Crippen LogP contribution in [0.3, 0.4) is 0 Å². The van der Waals surface area contributed by atoms with Crippen LogP contribution in [-0.2, 0) is 21.2 Å². The molecule has 27 heavy (non-hydrogen) atoms. The summed E-state index contributed by atoms with van der Waals surface area (Å²) < 4.78 is 27.7. The van der Waals surface area contributed by atoms with Crippen LogP contribution in [0.4, 0.5) is 0 Å². The fourth-order valence-electron chi connectivity index (χ4n) is 2.83. The van der Waals surface area contributed by atoms with E-state index in [0.717, 1.165) is 17.1 Å². The van der Waals surface area contributed by atoms with Crippen LogP contribution in [-0.4, -0.2) is 75.7 Å². The molecule has 2 heterocycles. The lowest BCUT2D eigenvalue weighted by Gasteiger charge is -2.25. The maximum atomic E-state index is 12.7. The fraction of sp³-hybridized carbons (Fsp3) is 0.500. The van der Waals surface area contributed by atoms with Gasteiger partial charge in [-0.3, -0.25) is 4.79 Å². The minimum absolute atomic E-state index is 0.0538. The molecule has 9 nitrogen and oxygen atoms in total. The molecule has 0 saturated carbocycles. The van der Waals surface area contributed by atoms with Crippen molar-refractivity contribution in [1.29, 1.82) is 0 Å². The van der Waals surface area contributed by atoms with Crippen molar-refractivity contribution in [2.45, 2.75) is 12.5 Å². The van der Waals surface area contributed by atoms with Crippen LogP contribution in [0.5, 0.6) is 0 Å². The number of nitrogens with zero attached hydrogens (tertiary/aromatic N) is 5. The second kappa shape index (κ2) is 9.29. The van der Waals surface area contributed by atoms with Crippen LogP contribution in [0, 0.1) is 0 Å². The molecular formula is C16H22N6O3S2. The fourth-order valence-corrected chi connectivity index (χ4v) is 5.32. The number of rotatable bonds is 8. The number of amides is 1. The van der Waals surface area contributed by atoms with Gasteiger partial charge in [0.05, 0.1) is 5.75 Å². The van der Waals surface area contributed by atoms with Gasteiger partial charge in [0.25, 0.3) is 0 Å². The van der Waals surface area contributed by atoms with Gasteiger partial charge in [-0.1, -0.05) is 30.3 Å². The second-order valence-corrected chi connectivity index (χ2v) is 9.43. The number of aromatic nitrogens is 4. The van der Waals surface area contributed by atoms with Crippen molar-refractivity contribution in [3.63, 3.8) is 0 Å². The maximum Gasteiger partial charge on any atom is 0.245 e. The minimum Gasteiger partial charge on any atom is -0.353 e. The Morgan fingerprint density at radius 3 is 2.63 bits per heavy atom. The Kier molecular flexibility index (Phi) is 6.80. The Hall–Kier alpha value is -1.98. The Balaban J connectivity index is 1.59. The molecule has 1 aliphatic heterocycles. The molecule has 2 aromatic rings. The summed E-state index contributed by atoms with van der Waals surface area (Å²) in [7, 11) is -3.36. The van der Waals surface area contributed by atoms with Gasteiger partial charge in [-0.15, -0.1) is 5.10 Å². The molecule has 1 fully saturated rings. The SMILES string of the molecule is O=C(NCCS(=O)(=O)N1CCSCC1)C(Cc1ccccc1)n1cnnn1. The second-order valence-electron chi connectivity index (χ2n) is 6.11. The van der Waals surface area contributed by atoms with E-state index in [0.29, 0.717) is 19.5 Å². The first kappa shape index (κ1) is 19.8. The molecule has 1 aliphatic rings. The molecule has 146 valence electrons. The zero-order valence-corrected chi connectivity index (χ0v) is 16.4. The highest BCUT2D eigenvalue weighted by molar-refractivity contribution is 7.99. The lowest BCUT2D eigenvalue weighted by Crippen LogP contribution is -2.43. The van der Waals surface area contributed by atoms with Crippen LogP contribution in [0.15, 0.2) is 36.7 Å². The van der Waals surface area contributed by atoms with Crippen molar-refractivity contribution in [2.75, 3.05) is 36.9 Å². The molecule has 1 N–H and O–H groups in total. The number of benzene rings is 1. The van der Waals surface area contributed by atoms with E-state index in [-0.39, 0.29) is 18.2 Å². The predicted molar refractivity (Wildman–Crippen MR) is 103 cm³/mol. The number of sulfonamides is 1. The highest BCUT2D eigenvalue weighted by Crippen LogP contribution is 2.14. The number of carbonyl (C=O) groups is 1. The summed E-state index contributed by atoms with van der Waals surface area (Å²) in [4.78, 5) is 12.7. The van der Waals surface area contributed by atoms with E-state index in [4.69, 9.17) is 0 Å². The summed E-state index contributed by atoms with van der Waals surface area (Å²) in [6, 6.07) is 8.89. The zero-order chi connectivity index (χ0) is 19.1. The minimum atomic E-state index is -3.36. The van der Waals surface area contributed by atoms with Crippen molar-refractivity contribution in [3.8, 4) is 0 Å². The summed E-state index contributed by atoms with van der Waals surface area (Å²) >= 11 is 1.75. The number of carbonyl (C=O) groups excluding carboxylic acids is 1. The molecule has 11 heteroatoms. The monoisotopic (exact) mass is 410 g/mol. The van der Waals surface area contributed by atoms with E-state index in [1.807, 2.05) is 30.3 Å². The Morgan fingerprint density at radius 1 is 1.22 bits per heavy atom. The topological polar surface area (TPSA) is 110 Å². The molecule has 1 saturated heterocycles. The number of thioether (sulfide) groups is 1. The molecule has 1 unspecified atom stereocenters. The molecular weight excluding hydrogens is 388 g/mol. The summed E-state index contributed by atoms with van der Waals surface area (Å²) in [5.41, 5.74) is 0.964. The zero-order valence-electron chi connectivity index (χ0n) is 14.8. The first-order valence-corrected chi connectivity index (χ1v) is 11.4. The third-order valence-corrected chi connectivity index (χ3v) is 7.10. The molecule has 3 rings (SSSR count). The van der Waals surface area contributed by atoms with E-state index in [2.05, 4.69) is 20.8 Å². The Labute approximate surface area is 162 Å². The molecule has 0 spiro atoms. The maximum absolute atomic E-state index is 12.7. The normalized spacial score (nSPS) is 16.7. The van der Waals surface area contributed by atoms with Crippen LogP contribution >= 0.6 is 11.8 Å². The van der Waals surface area contributed by atoms with Crippen molar-refractivity contribution >= 4 is 27.7 Å². The predicted octanol–water partition coefficient (Wildman–Crippen LogP) is -0.0483. The quantitative estimate of drug-likeness (QED) is 0.650. The average Bonchev–Trinajstić information content (AvgIpc) is 3.22. The van der Waals surface area contributed by atoms with E-state index in [1.165, 1.54) is 15.3 Å². The third kappa shape index (κ3) is 5.50. The van der Waals surface area contributed by atoms with Crippen molar-refractivity contribution in [2.24, 2.45) is 0 Å². The van der Waals surface area contributed by atoms with E-state index in [9.17, 15) is 13.2 Å². The van der Waals surface area contributed by atoms with Gasteiger partial charge in [-0.05, 0) is 16.0 Å². The summed E-state index contributed by atoms with van der Waals surface area (Å²) in [5, 5.41) is 13.7. The van der Waals surface area contributed by atoms with Crippen LogP contribution in [0.1, 0.15) is 11.6 Å². The van der Waals surface area contributed by atoms with Crippen molar-refractivity contribution < 1.29 is 13.2 Å². The molecule has 1 aromatic heterocycles. The average molecular weight is 411 g/mol. The van der Waals surface area contributed by atoms with Gasteiger partial charge in [0.1, 0.15) is 12.4 Å². The number of nitrogens with one attached hydrogen (secondary N) is 1. The van der Waals surface area contributed by atoms with Gasteiger partial charge in [0, 0.05) is 37.6 Å². The van der Waals surface area contributed by atoms with Gasteiger partial charge in [0.15, 0.2) is 0 Å². The van der Waals surface area contributed by atoms with Gasteiger partial charge < -0.3 is 5.32 Å². The summed E-state index contributed by atoms with van der Waals surface area (Å²) in [6.07, 6.45) is 1.79. The van der Waals surface area contributed by atoms with Crippen LogP contribution in [0.2, 0.25) is 0 Å². The Bertz CT molecular complexity index is 823. The van der Waals surface area contributed by atoms with E-state index in [1.54, 1.807) is 11.8 Å². The number of tetrazole rings is 1. The van der Waals surface area contributed by atoms with Crippen LogP contribution in [0.25, 0.3) is 0 Å².